The Balaban J connectivity index is 1.83. The molecule has 0 aliphatic rings. The third-order valence-electron chi connectivity index (χ3n) is 5.85. The van der Waals surface area contributed by atoms with Gasteiger partial charge in [-0.15, -0.1) is 11.8 Å². The van der Waals surface area contributed by atoms with E-state index in [1.807, 2.05) is 98.8 Å². The topological polar surface area (TPSA) is 49.4 Å². The standard InChI is InChI=1S/C29H33ClN2O2S/c1-3-22(2)31-29(34)27(18-23-11-6-4-7-12-23)32(19-24-13-8-5-9-14-24)28(33)21-35-20-25-15-10-16-26(30)17-25/h4-17,22,27H,3,18-21H2,1-2H3,(H,31,34). The van der Waals surface area contributed by atoms with Crippen LogP contribution in [-0.4, -0.2) is 34.6 Å². The maximum atomic E-state index is 13.6. The van der Waals surface area contributed by atoms with E-state index in [4.69, 9.17) is 11.6 Å². The van der Waals surface area contributed by atoms with E-state index in [0.29, 0.717) is 23.7 Å². The van der Waals surface area contributed by atoms with Gasteiger partial charge in [0.1, 0.15) is 6.04 Å². The van der Waals surface area contributed by atoms with Gasteiger partial charge in [-0.25, -0.2) is 0 Å². The van der Waals surface area contributed by atoms with Crippen molar-refractivity contribution in [3.63, 3.8) is 0 Å². The lowest BCUT2D eigenvalue weighted by atomic mass is 10.0. The van der Waals surface area contributed by atoms with Gasteiger partial charge in [-0.1, -0.05) is 91.3 Å². The van der Waals surface area contributed by atoms with Crippen molar-refractivity contribution in [1.29, 1.82) is 0 Å². The monoisotopic (exact) mass is 508 g/mol. The molecule has 0 saturated carbocycles. The van der Waals surface area contributed by atoms with Crippen LogP contribution in [0.3, 0.4) is 0 Å². The molecule has 0 bridgehead atoms. The average molecular weight is 509 g/mol. The smallest absolute Gasteiger partial charge is 0.243 e. The van der Waals surface area contributed by atoms with Crippen molar-refractivity contribution in [1.82, 2.24) is 10.2 Å². The third kappa shape index (κ3) is 8.75. The Kier molecular flexibility index (Phi) is 10.7. The second-order valence-electron chi connectivity index (χ2n) is 8.65. The van der Waals surface area contributed by atoms with Gasteiger partial charge >= 0.3 is 0 Å². The number of thioether (sulfide) groups is 1. The number of hydrogen-bond donors (Lipinski definition) is 1. The summed E-state index contributed by atoms with van der Waals surface area (Å²) in [6.45, 7) is 4.40. The first-order valence-corrected chi connectivity index (χ1v) is 13.5. The molecule has 0 saturated heterocycles. The Bertz CT molecular complexity index is 1080. The number of hydrogen-bond acceptors (Lipinski definition) is 3. The zero-order chi connectivity index (χ0) is 25.0. The largest absolute Gasteiger partial charge is 0.352 e. The third-order valence-corrected chi connectivity index (χ3v) is 7.07. The van der Waals surface area contributed by atoms with Crippen molar-refractivity contribution < 1.29 is 9.59 Å². The predicted octanol–water partition coefficient (Wildman–Crippen LogP) is 6.13. The van der Waals surface area contributed by atoms with E-state index in [2.05, 4.69) is 5.32 Å². The van der Waals surface area contributed by atoms with Crippen LogP contribution in [-0.2, 0) is 28.3 Å². The van der Waals surface area contributed by atoms with E-state index < -0.39 is 6.04 Å². The lowest BCUT2D eigenvalue weighted by molar-refractivity contribution is -0.139. The highest BCUT2D eigenvalue weighted by Crippen LogP contribution is 2.20. The van der Waals surface area contributed by atoms with Gasteiger partial charge in [0.25, 0.3) is 0 Å². The average Bonchev–Trinajstić information content (AvgIpc) is 2.87. The number of amides is 2. The first-order valence-electron chi connectivity index (χ1n) is 12.0. The molecule has 0 aliphatic carbocycles. The summed E-state index contributed by atoms with van der Waals surface area (Å²) >= 11 is 7.64. The molecule has 3 aromatic rings. The van der Waals surface area contributed by atoms with Gasteiger partial charge in [0.15, 0.2) is 0 Å². The van der Waals surface area contributed by atoms with Crippen LogP contribution >= 0.6 is 23.4 Å². The number of nitrogens with zero attached hydrogens (tertiary/aromatic N) is 1. The van der Waals surface area contributed by atoms with E-state index in [0.717, 1.165) is 23.1 Å². The quantitative estimate of drug-likeness (QED) is 0.320. The molecule has 3 rings (SSSR count). The molecule has 4 nitrogen and oxygen atoms in total. The van der Waals surface area contributed by atoms with Crippen LogP contribution in [0, 0.1) is 0 Å². The molecule has 1 N–H and O–H groups in total. The number of carbonyl (C=O) groups is 2. The number of benzene rings is 3. The van der Waals surface area contributed by atoms with E-state index in [1.54, 1.807) is 4.90 Å². The second kappa shape index (κ2) is 14.0. The van der Waals surface area contributed by atoms with Crippen molar-refractivity contribution in [2.45, 2.75) is 51.1 Å². The lowest BCUT2D eigenvalue weighted by Crippen LogP contribution is -2.52. The highest BCUT2D eigenvalue weighted by molar-refractivity contribution is 7.99. The van der Waals surface area contributed by atoms with Crippen molar-refractivity contribution in [2.24, 2.45) is 0 Å². The first kappa shape index (κ1) is 26.8. The minimum Gasteiger partial charge on any atom is -0.352 e. The molecule has 0 fully saturated rings. The molecule has 0 aliphatic heterocycles. The Morgan fingerprint density at radius 2 is 1.54 bits per heavy atom. The van der Waals surface area contributed by atoms with E-state index in [-0.39, 0.29) is 23.6 Å². The van der Waals surface area contributed by atoms with E-state index in [1.165, 1.54) is 11.8 Å². The number of nitrogens with one attached hydrogen (secondary N) is 1. The minimum atomic E-state index is -0.606. The van der Waals surface area contributed by atoms with E-state index >= 15 is 0 Å². The molecule has 0 spiro atoms. The minimum absolute atomic E-state index is 0.0339. The van der Waals surface area contributed by atoms with Crippen LogP contribution in [0.15, 0.2) is 84.9 Å². The van der Waals surface area contributed by atoms with Crippen LogP contribution in [0.1, 0.15) is 37.0 Å². The summed E-state index contributed by atoms with van der Waals surface area (Å²) in [5.41, 5.74) is 3.09. The molecule has 6 heteroatoms. The first-order chi connectivity index (χ1) is 17.0. The highest BCUT2D eigenvalue weighted by Gasteiger charge is 2.30. The number of carbonyl (C=O) groups excluding carboxylic acids is 2. The van der Waals surface area contributed by atoms with E-state index in [9.17, 15) is 9.59 Å². The van der Waals surface area contributed by atoms with Crippen molar-refractivity contribution >= 4 is 35.2 Å². The summed E-state index contributed by atoms with van der Waals surface area (Å²) in [7, 11) is 0. The number of rotatable bonds is 12. The fourth-order valence-corrected chi connectivity index (χ4v) is 4.81. The summed E-state index contributed by atoms with van der Waals surface area (Å²) in [6, 6.07) is 26.8. The Morgan fingerprint density at radius 1 is 0.914 bits per heavy atom. The molecule has 0 aromatic heterocycles. The van der Waals surface area contributed by atoms with Crippen molar-refractivity contribution in [3.8, 4) is 0 Å². The fraction of sp³-hybridized carbons (Fsp3) is 0.310. The molecule has 2 atom stereocenters. The van der Waals surface area contributed by atoms with Crippen LogP contribution in [0.2, 0.25) is 5.02 Å². The second-order valence-corrected chi connectivity index (χ2v) is 10.1. The number of halogens is 1. The molecule has 2 unspecified atom stereocenters. The molecule has 0 heterocycles. The van der Waals surface area contributed by atoms with Gasteiger partial charge in [-0.2, -0.15) is 0 Å². The highest BCUT2D eigenvalue weighted by atomic mass is 35.5. The zero-order valence-corrected chi connectivity index (χ0v) is 21.9. The normalized spacial score (nSPS) is 12.5. The van der Waals surface area contributed by atoms with Gasteiger partial charge in [-0.05, 0) is 42.2 Å². The molecule has 35 heavy (non-hydrogen) atoms. The van der Waals surface area contributed by atoms with Crippen LogP contribution < -0.4 is 5.32 Å². The van der Waals surface area contributed by atoms with Crippen LogP contribution in [0.5, 0.6) is 0 Å². The summed E-state index contributed by atoms with van der Waals surface area (Å²) in [4.78, 5) is 28.8. The van der Waals surface area contributed by atoms with Gasteiger partial charge < -0.3 is 10.2 Å². The van der Waals surface area contributed by atoms with Gasteiger partial charge in [0.05, 0.1) is 5.75 Å². The molecule has 3 aromatic carbocycles. The summed E-state index contributed by atoms with van der Waals surface area (Å²) in [5, 5.41) is 3.79. The summed E-state index contributed by atoms with van der Waals surface area (Å²) < 4.78 is 0. The molecular weight excluding hydrogens is 476 g/mol. The Morgan fingerprint density at radius 3 is 2.17 bits per heavy atom. The van der Waals surface area contributed by atoms with Crippen molar-refractivity contribution in [2.75, 3.05) is 5.75 Å². The summed E-state index contributed by atoms with van der Waals surface area (Å²) in [6.07, 6.45) is 1.28. The molecular formula is C29H33ClN2O2S. The van der Waals surface area contributed by atoms with Gasteiger partial charge in [-0.3, -0.25) is 9.59 Å². The van der Waals surface area contributed by atoms with Crippen LogP contribution in [0.25, 0.3) is 0 Å². The molecule has 2 amide bonds. The molecule has 184 valence electrons. The lowest BCUT2D eigenvalue weighted by Gasteiger charge is -2.32. The van der Waals surface area contributed by atoms with Gasteiger partial charge in [0.2, 0.25) is 11.8 Å². The van der Waals surface area contributed by atoms with Crippen LogP contribution in [0.4, 0.5) is 0 Å². The maximum Gasteiger partial charge on any atom is 0.243 e. The SMILES string of the molecule is CCC(C)NC(=O)C(Cc1ccccc1)N(Cc1ccccc1)C(=O)CSCc1cccc(Cl)c1. The molecule has 0 radical (unpaired) electrons. The summed E-state index contributed by atoms with van der Waals surface area (Å²) in [5.74, 6) is 0.781. The van der Waals surface area contributed by atoms with Gasteiger partial charge in [0, 0.05) is 29.8 Å². The maximum absolute atomic E-state index is 13.6. The Hall–Kier alpha value is -2.76. The zero-order valence-electron chi connectivity index (χ0n) is 20.3. The predicted molar refractivity (Wildman–Crippen MR) is 146 cm³/mol. The fourth-order valence-electron chi connectivity index (χ4n) is 3.74. The van der Waals surface area contributed by atoms with Crippen molar-refractivity contribution in [3.05, 3.63) is 107 Å². The Labute approximate surface area is 218 Å².